The van der Waals surface area contributed by atoms with Crippen LogP contribution in [-0.4, -0.2) is 54.6 Å². The van der Waals surface area contributed by atoms with Gasteiger partial charge in [0.25, 0.3) is 0 Å². The number of aromatic nitrogens is 2. The molecule has 0 unspecified atom stereocenters. The van der Waals surface area contributed by atoms with Gasteiger partial charge in [0.2, 0.25) is 5.89 Å². The molecule has 1 aliphatic carbocycles. The number of nitrogens with zero attached hydrogens (tertiary/aromatic N) is 3. The van der Waals surface area contributed by atoms with Crippen LogP contribution in [-0.2, 0) is 16.0 Å². The van der Waals surface area contributed by atoms with E-state index in [1.165, 1.54) is 12.8 Å². The van der Waals surface area contributed by atoms with Gasteiger partial charge in [-0.25, -0.2) is 0 Å². The summed E-state index contributed by atoms with van der Waals surface area (Å²) in [6.07, 6.45) is 4.90. The molecule has 1 saturated carbocycles. The average molecular weight is 281 g/mol. The third-order valence-electron chi connectivity index (χ3n) is 3.95. The van der Waals surface area contributed by atoms with Crippen LogP contribution >= 0.6 is 0 Å². The Bertz CT molecular complexity index is 412. The quantitative estimate of drug-likeness (QED) is 0.707. The number of likely N-dealkylation sites (tertiary alicyclic amines) is 1. The van der Waals surface area contributed by atoms with Crippen LogP contribution in [0.5, 0.6) is 0 Å². The summed E-state index contributed by atoms with van der Waals surface area (Å²) in [5, 5.41) is 4.08. The fraction of sp³-hybridized carbons (Fsp3) is 0.857. The molecule has 0 amide bonds. The van der Waals surface area contributed by atoms with Crippen LogP contribution in [0.1, 0.15) is 43.3 Å². The van der Waals surface area contributed by atoms with Crippen LogP contribution in [0.15, 0.2) is 4.52 Å². The standard InChI is InChI=1S/C14H23N3O3/c1-18-8-9-19-12-4-6-17(7-5-12)10-13-15-14(20-16-13)11-2-3-11/h11-12H,2-10H2,1H3. The maximum Gasteiger partial charge on any atom is 0.229 e. The smallest absolute Gasteiger partial charge is 0.229 e. The predicted molar refractivity (Wildman–Crippen MR) is 72.4 cm³/mol. The van der Waals surface area contributed by atoms with E-state index in [9.17, 15) is 0 Å². The van der Waals surface area contributed by atoms with Crippen molar-refractivity contribution in [2.45, 2.75) is 44.2 Å². The first-order valence-electron chi connectivity index (χ1n) is 7.50. The molecule has 0 bridgehead atoms. The van der Waals surface area contributed by atoms with Gasteiger partial charge in [0.1, 0.15) is 0 Å². The van der Waals surface area contributed by atoms with Crippen LogP contribution < -0.4 is 0 Å². The molecule has 112 valence electrons. The van der Waals surface area contributed by atoms with E-state index in [-0.39, 0.29) is 0 Å². The van der Waals surface area contributed by atoms with E-state index in [0.717, 1.165) is 44.2 Å². The van der Waals surface area contributed by atoms with E-state index < -0.39 is 0 Å². The molecule has 2 fully saturated rings. The van der Waals surface area contributed by atoms with E-state index in [2.05, 4.69) is 15.0 Å². The monoisotopic (exact) mass is 281 g/mol. The van der Waals surface area contributed by atoms with Crippen molar-refractivity contribution >= 4 is 0 Å². The number of hydrogen-bond donors (Lipinski definition) is 0. The van der Waals surface area contributed by atoms with Crippen LogP contribution in [0.2, 0.25) is 0 Å². The molecular weight excluding hydrogens is 258 g/mol. The van der Waals surface area contributed by atoms with Crippen molar-refractivity contribution in [3.05, 3.63) is 11.7 Å². The van der Waals surface area contributed by atoms with Crippen molar-refractivity contribution in [3.8, 4) is 0 Å². The maximum atomic E-state index is 5.76. The summed E-state index contributed by atoms with van der Waals surface area (Å²) in [5.41, 5.74) is 0. The zero-order valence-electron chi connectivity index (χ0n) is 12.1. The Labute approximate surface area is 119 Å². The summed E-state index contributed by atoms with van der Waals surface area (Å²) in [6.45, 7) is 4.22. The predicted octanol–water partition coefficient (Wildman–Crippen LogP) is 1.57. The molecule has 6 nitrogen and oxygen atoms in total. The topological polar surface area (TPSA) is 60.6 Å². The molecule has 20 heavy (non-hydrogen) atoms. The first-order valence-corrected chi connectivity index (χ1v) is 7.50. The highest BCUT2D eigenvalue weighted by atomic mass is 16.5. The van der Waals surface area contributed by atoms with Crippen LogP contribution in [0.25, 0.3) is 0 Å². The molecule has 1 saturated heterocycles. The van der Waals surface area contributed by atoms with E-state index in [4.69, 9.17) is 14.0 Å². The minimum absolute atomic E-state index is 0.369. The Balaban J connectivity index is 1.39. The summed E-state index contributed by atoms with van der Waals surface area (Å²) in [6, 6.07) is 0. The van der Waals surface area contributed by atoms with E-state index in [0.29, 0.717) is 25.2 Å². The third kappa shape index (κ3) is 3.77. The van der Waals surface area contributed by atoms with Crippen molar-refractivity contribution in [1.29, 1.82) is 0 Å². The van der Waals surface area contributed by atoms with Gasteiger partial charge in [-0.2, -0.15) is 4.98 Å². The zero-order chi connectivity index (χ0) is 13.8. The molecule has 3 rings (SSSR count). The second kappa shape index (κ2) is 6.65. The third-order valence-corrected chi connectivity index (χ3v) is 3.95. The number of hydrogen-bond acceptors (Lipinski definition) is 6. The van der Waals surface area contributed by atoms with Crippen LogP contribution in [0, 0.1) is 0 Å². The number of piperidine rings is 1. The molecule has 2 heterocycles. The lowest BCUT2D eigenvalue weighted by Crippen LogP contribution is -2.37. The molecule has 0 radical (unpaired) electrons. The summed E-state index contributed by atoms with van der Waals surface area (Å²) in [7, 11) is 1.70. The Kier molecular flexibility index (Phi) is 4.65. The molecule has 1 aromatic heterocycles. The fourth-order valence-electron chi connectivity index (χ4n) is 2.56. The lowest BCUT2D eigenvalue weighted by Gasteiger charge is -2.30. The minimum Gasteiger partial charge on any atom is -0.382 e. The molecule has 0 spiro atoms. The van der Waals surface area contributed by atoms with E-state index in [1.54, 1.807) is 7.11 Å². The highest BCUT2D eigenvalue weighted by Gasteiger charge is 2.30. The lowest BCUT2D eigenvalue weighted by atomic mass is 10.1. The highest BCUT2D eigenvalue weighted by Crippen LogP contribution is 2.38. The number of ether oxygens (including phenoxy) is 2. The molecule has 0 aromatic carbocycles. The van der Waals surface area contributed by atoms with Gasteiger partial charge in [-0.3, -0.25) is 4.90 Å². The van der Waals surface area contributed by atoms with Gasteiger partial charge >= 0.3 is 0 Å². The van der Waals surface area contributed by atoms with Gasteiger partial charge in [-0.1, -0.05) is 5.16 Å². The van der Waals surface area contributed by atoms with Crippen molar-refractivity contribution < 1.29 is 14.0 Å². The Morgan fingerprint density at radius 2 is 2.00 bits per heavy atom. The van der Waals surface area contributed by atoms with Crippen molar-refractivity contribution in [2.75, 3.05) is 33.4 Å². The maximum absolute atomic E-state index is 5.76. The Hall–Kier alpha value is -0.980. The van der Waals surface area contributed by atoms with Gasteiger partial charge in [-0.05, 0) is 25.7 Å². The van der Waals surface area contributed by atoms with Crippen LogP contribution in [0.3, 0.4) is 0 Å². The zero-order valence-corrected chi connectivity index (χ0v) is 12.1. The minimum atomic E-state index is 0.369. The summed E-state index contributed by atoms with van der Waals surface area (Å²) in [5.74, 6) is 2.19. The largest absolute Gasteiger partial charge is 0.382 e. The molecule has 2 aliphatic rings. The SMILES string of the molecule is COCCOC1CCN(Cc2noc(C3CC3)n2)CC1. The molecular formula is C14H23N3O3. The summed E-state index contributed by atoms with van der Waals surface area (Å²) >= 11 is 0. The summed E-state index contributed by atoms with van der Waals surface area (Å²) < 4.78 is 16.1. The summed E-state index contributed by atoms with van der Waals surface area (Å²) in [4.78, 5) is 6.85. The van der Waals surface area contributed by atoms with Crippen molar-refractivity contribution in [3.63, 3.8) is 0 Å². The average Bonchev–Trinajstić information content (AvgIpc) is 3.22. The van der Waals surface area contributed by atoms with Crippen LogP contribution in [0.4, 0.5) is 0 Å². The molecule has 0 N–H and O–H groups in total. The molecule has 0 atom stereocenters. The number of methoxy groups -OCH3 is 1. The first kappa shape index (κ1) is 14.0. The van der Waals surface area contributed by atoms with Gasteiger partial charge < -0.3 is 14.0 Å². The lowest BCUT2D eigenvalue weighted by molar-refractivity contribution is -0.0162. The molecule has 6 heteroatoms. The van der Waals surface area contributed by atoms with E-state index >= 15 is 0 Å². The Morgan fingerprint density at radius 1 is 1.20 bits per heavy atom. The highest BCUT2D eigenvalue weighted by molar-refractivity contribution is 5.01. The molecule has 1 aromatic rings. The number of rotatable bonds is 7. The second-order valence-corrected chi connectivity index (χ2v) is 5.66. The van der Waals surface area contributed by atoms with Crippen molar-refractivity contribution in [2.24, 2.45) is 0 Å². The Morgan fingerprint density at radius 3 is 2.70 bits per heavy atom. The first-order chi connectivity index (χ1) is 9.85. The van der Waals surface area contributed by atoms with Crippen molar-refractivity contribution in [1.82, 2.24) is 15.0 Å². The van der Waals surface area contributed by atoms with Gasteiger partial charge in [0.15, 0.2) is 5.82 Å². The second-order valence-electron chi connectivity index (χ2n) is 5.66. The van der Waals surface area contributed by atoms with Gasteiger partial charge in [-0.15, -0.1) is 0 Å². The van der Waals surface area contributed by atoms with E-state index in [1.807, 2.05) is 0 Å². The van der Waals surface area contributed by atoms with Gasteiger partial charge in [0.05, 0.1) is 25.9 Å². The van der Waals surface area contributed by atoms with Gasteiger partial charge in [0, 0.05) is 26.1 Å². The molecule has 1 aliphatic heterocycles. The fourth-order valence-corrected chi connectivity index (χ4v) is 2.56. The normalized spacial score (nSPS) is 21.4.